The number of nitrogens with zero attached hydrogens (tertiary/aromatic N) is 1. The van der Waals surface area contributed by atoms with E-state index in [-0.39, 0.29) is 22.8 Å². The van der Waals surface area contributed by atoms with Crippen LogP contribution < -0.4 is 0 Å². The Bertz CT molecular complexity index is 754. The molecule has 0 N–H and O–H groups in total. The molecule has 28 heavy (non-hydrogen) atoms. The van der Waals surface area contributed by atoms with E-state index in [4.69, 9.17) is 4.74 Å². The molecule has 5 nitrogen and oxygen atoms in total. The minimum absolute atomic E-state index is 0.0466. The van der Waals surface area contributed by atoms with Crippen LogP contribution in [0.5, 0.6) is 0 Å². The number of ketones is 1. The van der Waals surface area contributed by atoms with Gasteiger partial charge in [-0.25, -0.2) is 8.42 Å². The molecule has 1 fully saturated rings. The third-order valence-corrected chi connectivity index (χ3v) is 6.97. The van der Waals surface area contributed by atoms with Crippen LogP contribution in [0.4, 0.5) is 13.2 Å². The standard InChI is InChI=1S/C19H26F3NO4S/c1-14(24)4-3-13-27-17-9-7-16(8-10-17)23(2)28(25,26)18-11-5-15(6-12-18)19(20,21)22/h5-6,11-12,16-17H,3-4,7-10,13H2,1-2H3/t16-,17-. The molecule has 0 spiro atoms. The maximum atomic E-state index is 12.7. The molecule has 1 aliphatic rings. The summed E-state index contributed by atoms with van der Waals surface area (Å²) in [6, 6.07) is 3.35. The predicted octanol–water partition coefficient (Wildman–Crippen LogP) is 4.02. The van der Waals surface area contributed by atoms with Gasteiger partial charge in [0.05, 0.1) is 16.6 Å². The van der Waals surface area contributed by atoms with Crippen molar-refractivity contribution in [3.05, 3.63) is 29.8 Å². The first-order chi connectivity index (χ1) is 13.0. The van der Waals surface area contributed by atoms with Gasteiger partial charge in [0.2, 0.25) is 10.0 Å². The number of carbonyl (C=O) groups is 1. The van der Waals surface area contributed by atoms with Crippen molar-refractivity contribution in [3.63, 3.8) is 0 Å². The molecule has 1 saturated carbocycles. The van der Waals surface area contributed by atoms with E-state index in [1.807, 2.05) is 0 Å². The van der Waals surface area contributed by atoms with Gasteiger partial charge in [0, 0.05) is 26.1 Å². The molecule has 1 aromatic rings. The van der Waals surface area contributed by atoms with Crippen molar-refractivity contribution in [2.75, 3.05) is 13.7 Å². The van der Waals surface area contributed by atoms with Crippen LogP contribution in [0.2, 0.25) is 0 Å². The normalized spacial score (nSPS) is 21.1. The van der Waals surface area contributed by atoms with Gasteiger partial charge in [-0.1, -0.05) is 0 Å². The Morgan fingerprint density at radius 3 is 2.21 bits per heavy atom. The van der Waals surface area contributed by atoms with Crippen molar-refractivity contribution < 1.29 is 31.1 Å². The molecule has 0 bridgehead atoms. The fourth-order valence-corrected chi connectivity index (χ4v) is 4.74. The predicted molar refractivity (Wildman–Crippen MR) is 98.3 cm³/mol. The molecule has 158 valence electrons. The van der Waals surface area contributed by atoms with Gasteiger partial charge >= 0.3 is 6.18 Å². The van der Waals surface area contributed by atoms with Crippen molar-refractivity contribution in [3.8, 4) is 0 Å². The molecule has 2 rings (SSSR count). The maximum Gasteiger partial charge on any atom is 0.416 e. The third kappa shape index (κ3) is 6.02. The van der Waals surface area contributed by atoms with Crippen molar-refractivity contribution in [1.29, 1.82) is 0 Å². The highest BCUT2D eigenvalue weighted by Crippen LogP contribution is 2.32. The monoisotopic (exact) mass is 421 g/mol. The zero-order chi connectivity index (χ0) is 20.9. The van der Waals surface area contributed by atoms with E-state index in [0.717, 1.165) is 24.3 Å². The average Bonchev–Trinajstić information content (AvgIpc) is 2.64. The number of halogens is 3. The van der Waals surface area contributed by atoms with Crippen LogP contribution in [0.15, 0.2) is 29.2 Å². The Morgan fingerprint density at radius 2 is 1.71 bits per heavy atom. The van der Waals surface area contributed by atoms with Gasteiger partial charge in [-0.05, 0) is 63.3 Å². The Labute approximate surface area is 163 Å². The molecule has 0 aliphatic heterocycles. The topological polar surface area (TPSA) is 63.7 Å². The summed E-state index contributed by atoms with van der Waals surface area (Å²) >= 11 is 0. The molecule has 0 aromatic heterocycles. The molecular formula is C19H26F3NO4S. The minimum atomic E-state index is -4.50. The third-order valence-electron chi connectivity index (χ3n) is 5.04. The second-order valence-electron chi connectivity index (χ2n) is 7.15. The first kappa shape index (κ1) is 22.8. The number of rotatable bonds is 8. The number of benzene rings is 1. The van der Waals surface area contributed by atoms with Crippen LogP contribution in [0.3, 0.4) is 0 Å². The van der Waals surface area contributed by atoms with Crippen LogP contribution in [0, 0.1) is 0 Å². The molecule has 0 heterocycles. The lowest BCUT2D eigenvalue weighted by Gasteiger charge is -2.34. The summed E-state index contributed by atoms with van der Waals surface area (Å²) in [5.74, 6) is 0.127. The number of carbonyl (C=O) groups excluding carboxylic acids is 1. The van der Waals surface area contributed by atoms with Gasteiger partial charge in [-0.3, -0.25) is 0 Å². The van der Waals surface area contributed by atoms with Gasteiger partial charge in [0.15, 0.2) is 0 Å². The molecule has 9 heteroatoms. The van der Waals surface area contributed by atoms with Gasteiger partial charge in [-0.2, -0.15) is 17.5 Å². The number of hydrogen-bond acceptors (Lipinski definition) is 4. The minimum Gasteiger partial charge on any atom is -0.378 e. The highest BCUT2D eigenvalue weighted by molar-refractivity contribution is 7.89. The molecular weight excluding hydrogens is 395 g/mol. The van der Waals surface area contributed by atoms with E-state index in [1.54, 1.807) is 0 Å². The van der Waals surface area contributed by atoms with Gasteiger partial charge < -0.3 is 9.53 Å². The van der Waals surface area contributed by atoms with Crippen LogP contribution in [0.25, 0.3) is 0 Å². The van der Waals surface area contributed by atoms with E-state index in [2.05, 4.69) is 0 Å². The van der Waals surface area contributed by atoms with E-state index in [9.17, 15) is 26.4 Å². The second kappa shape index (κ2) is 9.37. The number of alkyl halides is 3. The maximum absolute atomic E-state index is 12.7. The fraction of sp³-hybridized carbons (Fsp3) is 0.632. The van der Waals surface area contributed by atoms with Crippen molar-refractivity contribution in [1.82, 2.24) is 4.31 Å². The molecule has 0 atom stereocenters. The number of sulfonamides is 1. The first-order valence-corrected chi connectivity index (χ1v) is 10.7. The zero-order valence-corrected chi connectivity index (χ0v) is 16.9. The Hall–Kier alpha value is -1.45. The Balaban J connectivity index is 1.91. The lowest BCUT2D eigenvalue weighted by Crippen LogP contribution is -2.40. The van der Waals surface area contributed by atoms with Crippen LogP contribution >= 0.6 is 0 Å². The van der Waals surface area contributed by atoms with Crippen molar-refractivity contribution in [2.45, 2.75) is 68.7 Å². The highest BCUT2D eigenvalue weighted by Gasteiger charge is 2.34. The van der Waals surface area contributed by atoms with Gasteiger partial charge in [0.25, 0.3) is 0 Å². The van der Waals surface area contributed by atoms with E-state index in [0.29, 0.717) is 45.1 Å². The first-order valence-electron chi connectivity index (χ1n) is 9.28. The van der Waals surface area contributed by atoms with Crippen LogP contribution in [-0.2, 0) is 25.7 Å². The summed E-state index contributed by atoms with van der Waals surface area (Å²) in [7, 11) is -2.40. The smallest absolute Gasteiger partial charge is 0.378 e. The molecule has 0 saturated heterocycles. The number of hydrogen-bond donors (Lipinski definition) is 0. The summed E-state index contributed by atoms with van der Waals surface area (Å²) < 4.78 is 70.5. The Morgan fingerprint density at radius 1 is 1.14 bits per heavy atom. The van der Waals surface area contributed by atoms with Gasteiger partial charge in [0.1, 0.15) is 5.78 Å². The zero-order valence-electron chi connectivity index (χ0n) is 16.0. The Kier molecular flexibility index (Phi) is 7.64. The summed E-state index contributed by atoms with van der Waals surface area (Å²) in [6.45, 7) is 2.05. The molecule has 0 unspecified atom stereocenters. The van der Waals surface area contributed by atoms with Crippen molar-refractivity contribution >= 4 is 15.8 Å². The summed E-state index contributed by atoms with van der Waals surface area (Å²) in [5, 5.41) is 0. The summed E-state index contributed by atoms with van der Waals surface area (Å²) in [6.07, 6.45) is -0.639. The van der Waals surface area contributed by atoms with Gasteiger partial charge in [-0.15, -0.1) is 0 Å². The highest BCUT2D eigenvalue weighted by atomic mass is 32.2. The average molecular weight is 421 g/mol. The lowest BCUT2D eigenvalue weighted by molar-refractivity contribution is -0.137. The van der Waals surface area contributed by atoms with Crippen molar-refractivity contribution in [2.24, 2.45) is 0 Å². The SMILES string of the molecule is CC(=O)CCCO[C@H]1CC[C@H](N(C)S(=O)(=O)c2ccc(C(F)(F)F)cc2)CC1. The van der Waals surface area contributed by atoms with E-state index >= 15 is 0 Å². The summed E-state index contributed by atoms with van der Waals surface area (Å²) in [5.41, 5.74) is -0.878. The molecule has 1 aromatic carbocycles. The largest absolute Gasteiger partial charge is 0.416 e. The lowest BCUT2D eigenvalue weighted by atomic mass is 9.93. The van der Waals surface area contributed by atoms with Crippen LogP contribution in [0.1, 0.15) is 51.0 Å². The van der Waals surface area contributed by atoms with E-state index in [1.165, 1.54) is 18.3 Å². The fourth-order valence-electron chi connectivity index (χ4n) is 3.33. The molecule has 1 aliphatic carbocycles. The summed E-state index contributed by atoms with van der Waals surface area (Å²) in [4.78, 5) is 10.8. The quantitative estimate of drug-likeness (QED) is 0.595. The van der Waals surface area contributed by atoms with Crippen LogP contribution in [-0.4, -0.2) is 44.3 Å². The number of ether oxygens (including phenoxy) is 1. The van der Waals surface area contributed by atoms with E-state index < -0.39 is 21.8 Å². The molecule has 0 amide bonds. The second-order valence-corrected chi connectivity index (χ2v) is 9.15. The number of Topliss-reactive ketones (excluding diaryl/α,β-unsaturated/α-hetero) is 1. The molecule has 0 radical (unpaired) electrons.